The number of nitrogens with zero attached hydrogens (tertiary/aromatic N) is 2. The molecule has 2 fully saturated rings. The van der Waals surface area contributed by atoms with Crippen LogP contribution in [-0.4, -0.2) is 95.1 Å². The van der Waals surface area contributed by atoms with E-state index in [-0.39, 0.29) is 32.4 Å². The summed E-state index contributed by atoms with van der Waals surface area (Å²) in [6.07, 6.45) is 4.64. The molecule has 5 rings (SSSR count). The molecule has 3 aliphatic rings. The van der Waals surface area contributed by atoms with Gasteiger partial charge in [-0.2, -0.15) is 0 Å². The van der Waals surface area contributed by atoms with Crippen molar-refractivity contribution in [1.29, 1.82) is 0 Å². The average Bonchev–Trinajstić information content (AvgIpc) is 3.51. The van der Waals surface area contributed by atoms with E-state index in [4.69, 9.17) is 18.9 Å². The van der Waals surface area contributed by atoms with Gasteiger partial charge in [0.1, 0.15) is 35.1 Å². The minimum absolute atomic E-state index is 0.0115. The Bertz CT molecular complexity index is 1490. The second-order valence-electron chi connectivity index (χ2n) is 12.6. The Balaban J connectivity index is 1.44. The maximum absolute atomic E-state index is 14.1. The molecule has 3 amide bonds. The van der Waals surface area contributed by atoms with Gasteiger partial charge < -0.3 is 39.6 Å². The second kappa shape index (κ2) is 12.9. The van der Waals surface area contributed by atoms with Crippen LogP contribution in [-0.2, 0) is 23.9 Å². The van der Waals surface area contributed by atoms with Crippen molar-refractivity contribution in [3.63, 3.8) is 0 Å². The zero-order chi connectivity index (χ0) is 32.4. The highest BCUT2D eigenvalue weighted by Gasteiger charge is 2.61. The summed E-state index contributed by atoms with van der Waals surface area (Å²) in [5.74, 6) is -1.69. The number of rotatable bonds is 5. The molecule has 1 saturated heterocycles. The lowest BCUT2D eigenvalue weighted by Gasteiger charge is -2.30. The maximum Gasteiger partial charge on any atom is 0.408 e. The van der Waals surface area contributed by atoms with Crippen LogP contribution in [0, 0.1) is 5.92 Å². The lowest BCUT2D eigenvalue weighted by atomic mass is 10.1. The Morgan fingerprint density at radius 2 is 2.02 bits per heavy atom. The van der Waals surface area contributed by atoms with Crippen molar-refractivity contribution in [1.82, 2.24) is 20.5 Å². The quantitative estimate of drug-likeness (QED) is 0.421. The van der Waals surface area contributed by atoms with Crippen molar-refractivity contribution in [3.8, 4) is 11.6 Å². The number of benzene rings is 1. The third-order valence-electron chi connectivity index (χ3n) is 8.16. The van der Waals surface area contributed by atoms with E-state index in [0.29, 0.717) is 24.7 Å². The van der Waals surface area contributed by atoms with Crippen LogP contribution in [0.3, 0.4) is 0 Å². The topological polar surface area (TPSA) is 166 Å². The van der Waals surface area contributed by atoms with Gasteiger partial charge in [-0.05, 0) is 69.7 Å². The summed E-state index contributed by atoms with van der Waals surface area (Å²) >= 11 is 0. The summed E-state index contributed by atoms with van der Waals surface area (Å²) in [5.41, 5.74) is -2.27. The highest BCUT2D eigenvalue weighted by atomic mass is 16.6. The molecule has 3 heterocycles. The van der Waals surface area contributed by atoms with Crippen LogP contribution < -0.4 is 20.1 Å². The van der Waals surface area contributed by atoms with Crippen LogP contribution in [0.15, 0.2) is 42.6 Å². The van der Waals surface area contributed by atoms with Crippen LogP contribution in [0.2, 0.25) is 0 Å². The third kappa shape index (κ3) is 7.30. The molecule has 1 aliphatic carbocycles. The molecule has 3 N–H and O–H groups in total. The molecule has 2 aromatic rings. The van der Waals surface area contributed by atoms with Crippen molar-refractivity contribution < 1.29 is 43.2 Å². The first-order valence-corrected chi connectivity index (χ1v) is 15.1. The fourth-order valence-corrected chi connectivity index (χ4v) is 5.82. The number of aliphatic carboxylic acids is 1. The summed E-state index contributed by atoms with van der Waals surface area (Å²) in [6.45, 7) is 5.72. The third-order valence-corrected chi connectivity index (χ3v) is 8.16. The van der Waals surface area contributed by atoms with Gasteiger partial charge in [-0.3, -0.25) is 9.59 Å². The van der Waals surface area contributed by atoms with Crippen LogP contribution in [0.4, 0.5) is 4.79 Å². The maximum atomic E-state index is 14.1. The molecule has 0 bridgehead atoms. The summed E-state index contributed by atoms with van der Waals surface area (Å²) < 4.78 is 22.7. The summed E-state index contributed by atoms with van der Waals surface area (Å²) in [6, 6.07) is 5.20. The molecule has 1 saturated carbocycles. The predicted octanol–water partition coefficient (Wildman–Crippen LogP) is 2.81. The van der Waals surface area contributed by atoms with Crippen molar-refractivity contribution in [3.05, 3.63) is 42.6 Å². The van der Waals surface area contributed by atoms with E-state index >= 15 is 0 Å². The summed E-state index contributed by atoms with van der Waals surface area (Å²) in [5, 5.41) is 17.0. The van der Waals surface area contributed by atoms with Gasteiger partial charge in [0.05, 0.1) is 20.3 Å². The largest absolute Gasteiger partial charge is 0.497 e. The molecular formula is C32H40N4O9. The number of hydrogen-bond acceptors (Lipinski definition) is 9. The average molecular weight is 625 g/mol. The number of carbonyl (C=O) groups excluding carboxylic acids is 3. The molecule has 0 radical (unpaired) electrons. The minimum Gasteiger partial charge on any atom is -0.497 e. The lowest BCUT2D eigenvalue weighted by molar-refractivity contribution is -0.145. The lowest BCUT2D eigenvalue weighted by Crippen LogP contribution is -2.56. The highest BCUT2D eigenvalue weighted by molar-refractivity contribution is 5.96. The molecular weight excluding hydrogens is 584 g/mol. The number of carbonyl (C=O) groups is 4. The number of methoxy groups -OCH3 is 1. The molecule has 45 heavy (non-hydrogen) atoms. The number of alkyl carbamates (subject to hydrolysis) is 1. The number of aromatic nitrogens is 1. The number of carboxylic acid groups (broad SMARTS) is 1. The molecule has 5 atom stereocenters. The Morgan fingerprint density at radius 1 is 1.22 bits per heavy atom. The van der Waals surface area contributed by atoms with Gasteiger partial charge >= 0.3 is 12.1 Å². The molecule has 13 heteroatoms. The number of ether oxygens (including phenoxy) is 4. The summed E-state index contributed by atoms with van der Waals surface area (Å²) in [7, 11) is 1.58. The molecule has 1 aromatic heterocycles. The van der Waals surface area contributed by atoms with Crippen molar-refractivity contribution in [2.24, 2.45) is 5.92 Å². The van der Waals surface area contributed by atoms with E-state index in [1.165, 1.54) is 4.90 Å². The Morgan fingerprint density at radius 3 is 2.76 bits per heavy atom. The molecule has 1 aromatic carbocycles. The number of nitrogens with one attached hydrogen (secondary N) is 2. The van der Waals surface area contributed by atoms with Crippen molar-refractivity contribution in [2.75, 3.05) is 26.9 Å². The molecule has 5 unspecified atom stereocenters. The molecule has 13 nitrogen and oxygen atoms in total. The van der Waals surface area contributed by atoms with Gasteiger partial charge in [0.25, 0.3) is 0 Å². The number of fused-ring (bicyclic) bond motifs is 3. The number of carboxylic acids is 1. The Kier molecular flexibility index (Phi) is 9.19. The first-order valence-electron chi connectivity index (χ1n) is 15.1. The SMILES string of the molecule is COc1ccc2c(OC3CC4C(=O)NC5(C(=O)O)CC5/C=C\COCCCC(NC(=O)OC(C)(C)C)C(=O)N4C3)nccc2c1. The zero-order valence-corrected chi connectivity index (χ0v) is 25.9. The van der Waals surface area contributed by atoms with Crippen molar-refractivity contribution >= 4 is 34.6 Å². The van der Waals surface area contributed by atoms with E-state index in [2.05, 4.69) is 15.6 Å². The zero-order valence-electron chi connectivity index (χ0n) is 25.9. The smallest absolute Gasteiger partial charge is 0.408 e. The number of pyridine rings is 1. The minimum atomic E-state index is -1.48. The predicted molar refractivity (Wildman–Crippen MR) is 162 cm³/mol. The molecule has 242 valence electrons. The van der Waals surface area contributed by atoms with Gasteiger partial charge in [-0.25, -0.2) is 14.6 Å². The Labute approximate surface area is 261 Å². The molecule has 0 spiro atoms. The number of hydrogen-bond donors (Lipinski definition) is 3. The van der Waals surface area contributed by atoms with Gasteiger partial charge in [0.15, 0.2) is 0 Å². The van der Waals surface area contributed by atoms with Crippen LogP contribution in [0.25, 0.3) is 10.8 Å². The monoisotopic (exact) mass is 624 g/mol. The second-order valence-corrected chi connectivity index (χ2v) is 12.6. The molecule has 2 aliphatic heterocycles. The Hall–Kier alpha value is -4.39. The van der Waals surface area contributed by atoms with E-state index in [1.807, 2.05) is 18.2 Å². The first-order chi connectivity index (χ1) is 21.4. The standard InChI is InChI=1S/C32H40N4O9/c1-31(2,3)45-30(41)34-24-8-6-14-43-13-5-7-20-17-32(20,29(39)40)35-26(37)25-16-22(18-36(25)28(24)38)44-27-23-10-9-21(42-4)15-19(23)11-12-33-27/h5,7,9-12,15,20,22,24-25H,6,8,13-14,16-18H2,1-4H3,(H,34,41)(H,35,37)(H,39,40)/b7-5-. The van der Waals surface area contributed by atoms with Gasteiger partial charge in [0, 0.05) is 30.5 Å². The first kappa shape index (κ1) is 32.0. The van der Waals surface area contributed by atoms with E-state index in [1.54, 1.807) is 52.3 Å². The van der Waals surface area contributed by atoms with E-state index in [9.17, 15) is 24.3 Å². The van der Waals surface area contributed by atoms with E-state index in [0.717, 1.165) is 10.8 Å². The normalized spacial score (nSPS) is 28.0. The van der Waals surface area contributed by atoms with Crippen LogP contribution in [0.1, 0.15) is 46.5 Å². The van der Waals surface area contributed by atoms with Gasteiger partial charge in [-0.15, -0.1) is 0 Å². The fourth-order valence-electron chi connectivity index (χ4n) is 5.82. The van der Waals surface area contributed by atoms with E-state index < -0.39 is 59.1 Å². The number of amides is 3. The van der Waals surface area contributed by atoms with Crippen LogP contribution >= 0.6 is 0 Å². The van der Waals surface area contributed by atoms with Gasteiger partial charge in [0.2, 0.25) is 17.7 Å². The van der Waals surface area contributed by atoms with Gasteiger partial charge in [-0.1, -0.05) is 12.2 Å². The van der Waals surface area contributed by atoms with Crippen LogP contribution in [0.5, 0.6) is 11.6 Å². The van der Waals surface area contributed by atoms with Crippen molar-refractivity contribution in [2.45, 2.75) is 75.8 Å². The fraction of sp³-hybridized carbons (Fsp3) is 0.531. The summed E-state index contributed by atoms with van der Waals surface area (Å²) in [4.78, 5) is 58.8. The highest BCUT2D eigenvalue weighted by Crippen LogP contribution is 2.45.